The van der Waals surface area contributed by atoms with Crippen molar-refractivity contribution < 1.29 is 5.11 Å². The van der Waals surface area contributed by atoms with Gasteiger partial charge < -0.3 is 5.11 Å². The zero-order chi connectivity index (χ0) is 8.15. The Balaban J connectivity index is 4.54. The minimum Gasteiger partial charge on any atom is -0.392 e. The molecule has 0 fully saturated rings. The van der Waals surface area contributed by atoms with Crippen molar-refractivity contribution in [3.05, 3.63) is 11.1 Å². The van der Waals surface area contributed by atoms with Gasteiger partial charge in [0, 0.05) is 12.6 Å². The first-order valence-electron chi connectivity index (χ1n) is 3.03. The zero-order valence-corrected chi connectivity index (χ0v) is 7.24. The average Bonchev–Trinajstić information content (AvgIpc) is 1.88. The highest BCUT2D eigenvalue weighted by Crippen LogP contribution is 2.07. The van der Waals surface area contributed by atoms with E-state index in [1.807, 2.05) is 13.8 Å². The van der Waals surface area contributed by atoms with E-state index in [1.54, 1.807) is 7.05 Å². The van der Waals surface area contributed by atoms with Gasteiger partial charge >= 0.3 is 0 Å². The Hall–Kier alpha value is -0.340. The maximum Gasteiger partial charge on any atom is 0.128 e. The molecule has 0 aliphatic carbocycles. The number of aliphatic hydroxyl groups is 1. The van der Waals surface area contributed by atoms with Crippen LogP contribution in [0.4, 0.5) is 0 Å². The van der Waals surface area contributed by atoms with Crippen molar-refractivity contribution >= 4 is 16.8 Å². The molecule has 0 aromatic carbocycles. The van der Waals surface area contributed by atoms with Crippen LogP contribution in [0.2, 0.25) is 0 Å². The highest BCUT2D eigenvalue weighted by Gasteiger charge is 2.02. The average molecular weight is 162 g/mol. The van der Waals surface area contributed by atoms with Crippen molar-refractivity contribution in [2.24, 2.45) is 4.99 Å². The Kier molecular flexibility index (Phi) is 4.32. The minimum absolute atomic E-state index is 0.0431. The summed E-state index contributed by atoms with van der Waals surface area (Å²) < 4.78 is 0. The molecule has 58 valence electrons. The van der Waals surface area contributed by atoms with Gasteiger partial charge in [-0.3, -0.25) is 4.99 Å². The smallest absolute Gasteiger partial charge is 0.128 e. The van der Waals surface area contributed by atoms with E-state index in [1.165, 1.54) is 0 Å². The molecule has 0 spiro atoms. The normalized spacial score (nSPS) is 11.5. The SMILES string of the molecule is CN=C(Cl)C(CO)=C(C)C. The van der Waals surface area contributed by atoms with E-state index in [0.717, 1.165) is 5.57 Å². The fourth-order valence-electron chi connectivity index (χ4n) is 0.565. The molecule has 1 N–H and O–H groups in total. The summed E-state index contributed by atoms with van der Waals surface area (Å²) in [5, 5.41) is 9.17. The Bertz CT molecular complexity index is 162. The van der Waals surface area contributed by atoms with E-state index < -0.39 is 0 Å². The first kappa shape index (κ1) is 9.66. The van der Waals surface area contributed by atoms with Gasteiger partial charge in [-0.15, -0.1) is 0 Å². The van der Waals surface area contributed by atoms with Gasteiger partial charge in [0.15, 0.2) is 0 Å². The lowest BCUT2D eigenvalue weighted by molar-refractivity contribution is 0.336. The van der Waals surface area contributed by atoms with Crippen LogP contribution in [0.5, 0.6) is 0 Å². The fraction of sp³-hybridized carbons (Fsp3) is 0.571. The molecular formula is C7H12ClNO. The number of nitrogens with zero attached hydrogens (tertiary/aromatic N) is 1. The Labute approximate surface area is 66.2 Å². The summed E-state index contributed by atoms with van der Waals surface area (Å²) in [4.78, 5) is 3.75. The van der Waals surface area contributed by atoms with Gasteiger partial charge in [-0.25, -0.2) is 0 Å². The van der Waals surface area contributed by atoms with Gasteiger partial charge in [-0.2, -0.15) is 0 Å². The number of hydrogen-bond donors (Lipinski definition) is 1. The molecule has 0 saturated carbocycles. The second kappa shape index (κ2) is 4.47. The first-order chi connectivity index (χ1) is 4.63. The third-order valence-electron chi connectivity index (χ3n) is 1.21. The molecule has 2 nitrogen and oxygen atoms in total. The Morgan fingerprint density at radius 3 is 2.10 bits per heavy atom. The van der Waals surface area contributed by atoms with Crippen LogP contribution in [0, 0.1) is 0 Å². The molecule has 0 amide bonds. The quantitative estimate of drug-likeness (QED) is 0.613. The lowest BCUT2D eigenvalue weighted by Gasteiger charge is -2.01. The van der Waals surface area contributed by atoms with E-state index in [4.69, 9.17) is 16.7 Å². The monoisotopic (exact) mass is 161 g/mol. The highest BCUT2D eigenvalue weighted by molar-refractivity contribution is 6.69. The van der Waals surface area contributed by atoms with E-state index in [2.05, 4.69) is 4.99 Å². The van der Waals surface area contributed by atoms with Crippen molar-refractivity contribution in [3.8, 4) is 0 Å². The topological polar surface area (TPSA) is 32.6 Å². The van der Waals surface area contributed by atoms with Crippen molar-refractivity contribution in [2.45, 2.75) is 13.8 Å². The molecule has 3 heteroatoms. The Morgan fingerprint density at radius 2 is 2.00 bits per heavy atom. The van der Waals surface area contributed by atoms with Crippen molar-refractivity contribution in [1.29, 1.82) is 0 Å². The van der Waals surface area contributed by atoms with E-state index in [0.29, 0.717) is 10.7 Å². The standard InChI is InChI=1S/C7H12ClNO/c1-5(2)6(4-10)7(8)9-3/h10H,4H2,1-3H3. The lowest BCUT2D eigenvalue weighted by atomic mass is 10.2. The number of aliphatic hydroxyl groups excluding tert-OH is 1. The molecule has 0 aliphatic heterocycles. The maximum absolute atomic E-state index is 8.77. The van der Waals surface area contributed by atoms with Crippen molar-refractivity contribution in [2.75, 3.05) is 13.7 Å². The summed E-state index contributed by atoms with van der Waals surface area (Å²) >= 11 is 5.66. The van der Waals surface area contributed by atoms with E-state index in [-0.39, 0.29) is 6.61 Å². The van der Waals surface area contributed by atoms with Gasteiger partial charge in [0.2, 0.25) is 0 Å². The van der Waals surface area contributed by atoms with Gasteiger partial charge in [-0.05, 0) is 13.8 Å². The van der Waals surface area contributed by atoms with E-state index in [9.17, 15) is 0 Å². The van der Waals surface area contributed by atoms with Crippen LogP contribution < -0.4 is 0 Å². The molecule has 0 heterocycles. The molecule has 0 radical (unpaired) electrons. The van der Waals surface area contributed by atoms with Gasteiger partial charge in [0.05, 0.1) is 6.61 Å². The van der Waals surface area contributed by atoms with Crippen LogP contribution in [0.1, 0.15) is 13.8 Å². The molecule has 0 atom stereocenters. The maximum atomic E-state index is 8.77. The fourth-order valence-corrected chi connectivity index (χ4v) is 0.813. The van der Waals surface area contributed by atoms with Crippen molar-refractivity contribution in [1.82, 2.24) is 0 Å². The number of allylic oxidation sites excluding steroid dienone is 1. The number of halogens is 1. The minimum atomic E-state index is -0.0431. The van der Waals surface area contributed by atoms with Crippen LogP contribution in [-0.2, 0) is 0 Å². The number of rotatable bonds is 2. The van der Waals surface area contributed by atoms with Crippen LogP contribution in [0.3, 0.4) is 0 Å². The summed E-state index contributed by atoms with van der Waals surface area (Å²) in [7, 11) is 1.60. The van der Waals surface area contributed by atoms with Gasteiger partial charge in [0.1, 0.15) is 5.17 Å². The molecule has 0 aromatic heterocycles. The predicted octanol–water partition coefficient (Wildman–Crippen LogP) is 1.58. The summed E-state index contributed by atoms with van der Waals surface area (Å²) in [6.07, 6.45) is 0. The summed E-state index contributed by atoms with van der Waals surface area (Å²) in [5.41, 5.74) is 1.71. The third kappa shape index (κ3) is 2.50. The summed E-state index contributed by atoms with van der Waals surface area (Å²) in [5.74, 6) is 0. The second-order valence-electron chi connectivity index (χ2n) is 2.15. The molecule has 10 heavy (non-hydrogen) atoms. The van der Waals surface area contributed by atoms with E-state index >= 15 is 0 Å². The van der Waals surface area contributed by atoms with Crippen LogP contribution in [0.15, 0.2) is 16.1 Å². The highest BCUT2D eigenvalue weighted by atomic mass is 35.5. The molecular weight excluding hydrogens is 150 g/mol. The molecule has 0 bridgehead atoms. The van der Waals surface area contributed by atoms with Crippen LogP contribution in [0.25, 0.3) is 0 Å². The summed E-state index contributed by atoms with van der Waals surface area (Å²) in [6, 6.07) is 0. The lowest BCUT2D eigenvalue weighted by Crippen LogP contribution is -2.01. The molecule has 0 rings (SSSR count). The number of aliphatic imine (C=N–C) groups is 1. The molecule has 0 aliphatic rings. The summed E-state index contributed by atoms with van der Waals surface area (Å²) in [6.45, 7) is 3.73. The largest absolute Gasteiger partial charge is 0.392 e. The Morgan fingerprint density at radius 1 is 1.50 bits per heavy atom. The molecule has 0 saturated heterocycles. The van der Waals surface area contributed by atoms with Crippen LogP contribution in [-0.4, -0.2) is 23.9 Å². The zero-order valence-electron chi connectivity index (χ0n) is 6.48. The van der Waals surface area contributed by atoms with Gasteiger partial charge in [-0.1, -0.05) is 17.2 Å². The number of hydrogen-bond acceptors (Lipinski definition) is 2. The predicted molar refractivity (Wildman–Crippen MR) is 44.7 cm³/mol. The van der Waals surface area contributed by atoms with Crippen LogP contribution >= 0.6 is 11.6 Å². The van der Waals surface area contributed by atoms with Gasteiger partial charge in [0.25, 0.3) is 0 Å². The molecule has 0 aromatic rings. The van der Waals surface area contributed by atoms with Crippen molar-refractivity contribution in [3.63, 3.8) is 0 Å². The third-order valence-corrected chi connectivity index (χ3v) is 1.60. The first-order valence-corrected chi connectivity index (χ1v) is 3.41. The molecule has 0 unspecified atom stereocenters. The second-order valence-corrected chi connectivity index (χ2v) is 2.51.